The molecule has 13 nitrogen and oxygen atoms in total. The van der Waals surface area contributed by atoms with Gasteiger partial charge in [0.1, 0.15) is 35.9 Å². The molecule has 0 saturated heterocycles. The second kappa shape index (κ2) is 21.3. The van der Waals surface area contributed by atoms with Gasteiger partial charge in [-0.25, -0.2) is 4.79 Å². The lowest BCUT2D eigenvalue weighted by Gasteiger charge is -2.28. The Morgan fingerprint density at radius 2 is 1.00 bits per heavy atom. The predicted octanol–water partition coefficient (Wildman–Crippen LogP) is 5.49. The number of hydrogen-bond acceptors (Lipinski definition) is 13. The summed E-state index contributed by atoms with van der Waals surface area (Å²) in [6.07, 6.45) is -0.270. The van der Waals surface area contributed by atoms with Crippen LogP contribution < -0.4 is 4.74 Å². The molecule has 0 fully saturated rings. The summed E-state index contributed by atoms with van der Waals surface area (Å²) in [7, 11) is 0. The van der Waals surface area contributed by atoms with E-state index in [1.165, 1.54) is 6.92 Å². The molecule has 0 aliphatic carbocycles. The lowest BCUT2D eigenvalue weighted by Crippen LogP contribution is -2.39. The summed E-state index contributed by atoms with van der Waals surface area (Å²) in [5.74, 6) is -0.350. The molecule has 0 saturated carbocycles. The minimum atomic E-state index is -1.17. The highest BCUT2D eigenvalue weighted by atomic mass is 16.7. The first-order valence-electron chi connectivity index (χ1n) is 16.3. The van der Waals surface area contributed by atoms with E-state index >= 15 is 0 Å². The van der Waals surface area contributed by atoms with E-state index in [0.29, 0.717) is 22.6 Å². The Labute approximate surface area is 294 Å². The molecule has 2 unspecified atom stereocenters. The van der Waals surface area contributed by atoms with Gasteiger partial charge in [0.2, 0.25) is 0 Å². The summed E-state index contributed by atoms with van der Waals surface area (Å²) < 4.78 is 49.1. The highest BCUT2D eigenvalue weighted by molar-refractivity contribution is 6.02. The third kappa shape index (κ3) is 15.7. The van der Waals surface area contributed by atoms with Crippen LogP contribution in [0, 0.1) is 0 Å². The zero-order valence-corrected chi connectivity index (χ0v) is 30.0. The van der Waals surface area contributed by atoms with E-state index in [2.05, 4.69) is 6.58 Å². The number of Topliss-reactive ketones (excluding diaryl/α,β-unsaturated/α-hetero) is 2. The fraction of sp³-hybridized carbons (Fsp3) is 0.514. The first kappa shape index (κ1) is 42.2. The van der Waals surface area contributed by atoms with Gasteiger partial charge in [-0.3, -0.25) is 14.4 Å². The first-order valence-corrected chi connectivity index (χ1v) is 16.3. The Morgan fingerprint density at radius 3 is 1.38 bits per heavy atom. The van der Waals surface area contributed by atoms with Crippen LogP contribution in [0.2, 0.25) is 0 Å². The molecule has 2 atom stereocenters. The van der Waals surface area contributed by atoms with E-state index in [-0.39, 0.29) is 70.4 Å². The molecule has 0 amide bonds. The molecule has 0 aliphatic heterocycles. The Hall–Kier alpha value is -3.98. The van der Waals surface area contributed by atoms with Crippen LogP contribution in [0.15, 0.2) is 61.2 Å². The quantitative estimate of drug-likeness (QED) is 0.0422. The minimum absolute atomic E-state index is 0.114. The van der Waals surface area contributed by atoms with E-state index in [1.54, 1.807) is 90.1 Å². The molecule has 0 bridgehead atoms. The van der Waals surface area contributed by atoms with Crippen LogP contribution in [0.25, 0.3) is 0 Å². The molecular formula is C37H50O13. The molecule has 0 radical (unpaired) electrons. The van der Waals surface area contributed by atoms with Crippen LogP contribution in [0.4, 0.5) is 0 Å². The molecule has 276 valence electrons. The van der Waals surface area contributed by atoms with Crippen LogP contribution in [-0.4, -0.2) is 100 Å². The molecule has 0 heterocycles. The molecule has 0 aliphatic rings. The van der Waals surface area contributed by atoms with Gasteiger partial charge in [0.15, 0.2) is 24.1 Å². The van der Waals surface area contributed by atoms with Crippen LogP contribution >= 0.6 is 0 Å². The van der Waals surface area contributed by atoms with Gasteiger partial charge >= 0.3 is 11.9 Å². The predicted molar refractivity (Wildman–Crippen MR) is 182 cm³/mol. The third-order valence-corrected chi connectivity index (χ3v) is 6.82. The van der Waals surface area contributed by atoms with Gasteiger partial charge in [-0.1, -0.05) is 6.58 Å². The summed E-state index contributed by atoms with van der Waals surface area (Å²) in [5.41, 5.74) is -1.47. The molecule has 13 heteroatoms. The fourth-order valence-corrected chi connectivity index (χ4v) is 4.44. The number of ketones is 2. The van der Waals surface area contributed by atoms with E-state index in [9.17, 15) is 19.2 Å². The fourth-order valence-electron chi connectivity index (χ4n) is 4.44. The average Bonchev–Trinajstić information content (AvgIpc) is 3.06. The Bertz CT molecular complexity index is 1370. The maximum Gasteiger partial charge on any atom is 0.330 e. The van der Waals surface area contributed by atoms with Gasteiger partial charge in [0.25, 0.3) is 0 Å². The molecular weight excluding hydrogens is 652 g/mol. The van der Waals surface area contributed by atoms with Crippen molar-refractivity contribution < 1.29 is 61.8 Å². The second-order valence-electron chi connectivity index (χ2n) is 11.9. The zero-order chi connectivity index (χ0) is 37.2. The van der Waals surface area contributed by atoms with Crippen molar-refractivity contribution in [2.24, 2.45) is 0 Å². The summed E-state index contributed by atoms with van der Waals surface area (Å²) in [5, 5.41) is 0. The van der Waals surface area contributed by atoms with E-state index in [1.807, 2.05) is 0 Å². The third-order valence-electron chi connectivity index (χ3n) is 6.82. The SMILES string of the molecule is C=CC(=O)OCCOCCOC(C)OC(C)(C)C(=O)c1ccc(Oc2ccc(C(=O)C(C)(C)OC(C)OCCOCCOC(C)=O)cc2)cc1. The Balaban J connectivity index is 1.80. The largest absolute Gasteiger partial charge is 0.463 e. The Morgan fingerprint density at radius 1 is 0.620 bits per heavy atom. The molecule has 2 rings (SSSR count). The average molecular weight is 703 g/mol. The van der Waals surface area contributed by atoms with Crippen molar-refractivity contribution in [2.75, 3.05) is 52.9 Å². The summed E-state index contributed by atoms with van der Waals surface area (Å²) in [6, 6.07) is 13.3. The highest BCUT2D eigenvalue weighted by Crippen LogP contribution is 2.27. The summed E-state index contributed by atoms with van der Waals surface area (Å²) in [4.78, 5) is 48.2. The van der Waals surface area contributed by atoms with Gasteiger partial charge < -0.3 is 42.6 Å². The van der Waals surface area contributed by atoms with E-state index < -0.39 is 29.8 Å². The molecule has 0 spiro atoms. The van der Waals surface area contributed by atoms with Crippen LogP contribution in [-0.2, 0) is 47.5 Å². The maximum absolute atomic E-state index is 13.2. The number of benzene rings is 2. The van der Waals surface area contributed by atoms with Crippen molar-refractivity contribution in [2.45, 2.75) is 72.2 Å². The number of ether oxygens (including phenoxy) is 9. The molecule has 50 heavy (non-hydrogen) atoms. The van der Waals surface area contributed by atoms with Crippen molar-refractivity contribution in [1.82, 2.24) is 0 Å². The minimum Gasteiger partial charge on any atom is -0.463 e. The highest BCUT2D eigenvalue weighted by Gasteiger charge is 2.33. The first-order chi connectivity index (χ1) is 23.6. The summed E-state index contributed by atoms with van der Waals surface area (Å²) >= 11 is 0. The van der Waals surface area contributed by atoms with Crippen molar-refractivity contribution >= 4 is 23.5 Å². The van der Waals surface area contributed by atoms with Crippen LogP contribution in [0.5, 0.6) is 11.5 Å². The van der Waals surface area contributed by atoms with Crippen LogP contribution in [0.1, 0.15) is 69.2 Å². The number of esters is 2. The standard InChI is InChI=1S/C37H50O13/c1-9-33(39)47-25-21-43-20-24-46-28(4)50-37(7,8)35(41)30-12-16-32(17-13-30)48-31-14-10-29(11-15-31)34(40)36(5,6)49-27(3)45-23-19-42-18-22-44-26(2)38/h9-17,27-28H,1,18-25H2,2-8H3. The van der Waals surface area contributed by atoms with Crippen molar-refractivity contribution in [1.29, 1.82) is 0 Å². The smallest absolute Gasteiger partial charge is 0.330 e. The Kier molecular flexibility index (Phi) is 18.0. The normalized spacial score (nSPS) is 12.9. The lowest BCUT2D eigenvalue weighted by molar-refractivity contribution is -0.181. The van der Waals surface area contributed by atoms with Crippen LogP contribution in [0.3, 0.4) is 0 Å². The monoisotopic (exact) mass is 702 g/mol. The maximum atomic E-state index is 13.2. The molecule has 0 N–H and O–H groups in total. The van der Waals surface area contributed by atoms with Gasteiger partial charge in [0.05, 0.1) is 39.6 Å². The number of carbonyl (C=O) groups excluding carboxylic acids is 4. The second-order valence-corrected chi connectivity index (χ2v) is 11.9. The topological polar surface area (TPSA) is 151 Å². The number of rotatable bonds is 25. The van der Waals surface area contributed by atoms with Crippen molar-refractivity contribution in [3.05, 3.63) is 72.3 Å². The van der Waals surface area contributed by atoms with Gasteiger partial charge in [-0.2, -0.15) is 0 Å². The van der Waals surface area contributed by atoms with E-state index in [0.717, 1.165) is 6.08 Å². The zero-order valence-electron chi connectivity index (χ0n) is 30.0. The number of carbonyl (C=O) groups is 4. The van der Waals surface area contributed by atoms with Crippen molar-refractivity contribution in [3.8, 4) is 11.5 Å². The van der Waals surface area contributed by atoms with Crippen molar-refractivity contribution in [3.63, 3.8) is 0 Å². The molecule has 2 aromatic rings. The molecule has 0 aromatic heterocycles. The van der Waals surface area contributed by atoms with Gasteiger partial charge in [-0.05, 0) is 90.1 Å². The lowest BCUT2D eigenvalue weighted by atomic mass is 9.96. The van der Waals surface area contributed by atoms with Gasteiger partial charge in [0, 0.05) is 24.1 Å². The van der Waals surface area contributed by atoms with E-state index in [4.69, 9.17) is 42.6 Å². The molecule has 2 aromatic carbocycles. The number of hydrogen-bond donors (Lipinski definition) is 0. The van der Waals surface area contributed by atoms with Gasteiger partial charge in [-0.15, -0.1) is 0 Å². The summed E-state index contributed by atoms with van der Waals surface area (Å²) in [6.45, 7) is 16.5.